The molecule has 1 aromatic carbocycles. The maximum atomic E-state index is 11.6. The van der Waals surface area contributed by atoms with E-state index < -0.39 is 0 Å². The third kappa shape index (κ3) is 2.89. The molecule has 0 aliphatic rings. The Morgan fingerprint density at radius 2 is 1.81 bits per heavy atom. The van der Waals surface area contributed by atoms with E-state index in [4.69, 9.17) is 16.2 Å². The minimum atomic E-state index is -0.382. The van der Waals surface area contributed by atoms with E-state index in [1.54, 1.807) is 12.1 Å². The fourth-order valence-corrected chi connectivity index (χ4v) is 1.20. The number of ether oxygens (including phenoxy) is 1. The van der Waals surface area contributed by atoms with Crippen molar-refractivity contribution in [2.45, 2.75) is 20.8 Å². The van der Waals surface area contributed by atoms with Crippen LogP contribution < -0.4 is 11.5 Å². The molecule has 0 spiro atoms. The van der Waals surface area contributed by atoms with Crippen molar-refractivity contribution in [2.75, 3.05) is 18.1 Å². The zero-order chi connectivity index (χ0) is 12.3. The van der Waals surface area contributed by atoms with Gasteiger partial charge in [-0.3, -0.25) is 0 Å². The fraction of sp³-hybridized carbons (Fsp3) is 0.417. The molecule has 0 aliphatic carbocycles. The number of hydrogen-bond acceptors (Lipinski definition) is 4. The van der Waals surface area contributed by atoms with Crippen molar-refractivity contribution in [2.24, 2.45) is 5.92 Å². The third-order valence-electron chi connectivity index (χ3n) is 2.27. The third-order valence-corrected chi connectivity index (χ3v) is 2.27. The number of carbonyl (C=O) groups excluding carboxylic acids is 1. The number of esters is 1. The van der Waals surface area contributed by atoms with E-state index in [2.05, 4.69) is 0 Å². The summed E-state index contributed by atoms with van der Waals surface area (Å²) in [5.74, 6) is -0.0730. The predicted octanol–water partition coefficient (Wildman–Crippen LogP) is 1.97. The average Bonchev–Trinajstić information content (AvgIpc) is 2.21. The van der Waals surface area contributed by atoms with Crippen LogP contribution in [0.3, 0.4) is 0 Å². The lowest BCUT2D eigenvalue weighted by atomic mass is 10.1. The molecule has 0 amide bonds. The molecular weight excluding hydrogens is 204 g/mol. The average molecular weight is 222 g/mol. The Bertz CT molecular complexity index is 377. The molecule has 1 aromatic rings. The summed E-state index contributed by atoms with van der Waals surface area (Å²) < 4.78 is 5.09. The molecule has 0 heterocycles. The van der Waals surface area contributed by atoms with Gasteiger partial charge in [0.25, 0.3) is 0 Å². The van der Waals surface area contributed by atoms with E-state index in [0.29, 0.717) is 29.5 Å². The number of hydrogen-bond donors (Lipinski definition) is 2. The molecule has 0 aromatic heterocycles. The summed E-state index contributed by atoms with van der Waals surface area (Å²) in [5, 5.41) is 0. The molecule has 0 bridgehead atoms. The lowest BCUT2D eigenvalue weighted by Crippen LogP contribution is -2.11. The Labute approximate surface area is 95.6 Å². The number of anilines is 2. The summed E-state index contributed by atoms with van der Waals surface area (Å²) in [4.78, 5) is 11.6. The Balaban J connectivity index is 2.84. The number of nitrogens with two attached hydrogens (primary N) is 2. The van der Waals surface area contributed by atoms with E-state index in [1.165, 1.54) is 0 Å². The van der Waals surface area contributed by atoms with Gasteiger partial charge in [-0.1, -0.05) is 13.8 Å². The first kappa shape index (κ1) is 12.4. The first-order chi connectivity index (χ1) is 7.41. The molecule has 0 fully saturated rings. The van der Waals surface area contributed by atoms with Gasteiger partial charge in [-0.15, -0.1) is 0 Å². The van der Waals surface area contributed by atoms with E-state index in [-0.39, 0.29) is 5.97 Å². The molecule has 0 aliphatic heterocycles. The summed E-state index contributed by atoms with van der Waals surface area (Å²) in [6, 6.07) is 3.18. The Kier molecular flexibility index (Phi) is 3.77. The smallest absolute Gasteiger partial charge is 0.338 e. The zero-order valence-electron chi connectivity index (χ0n) is 9.91. The number of benzene rings is 1. The highest BCUT2D eigenvalue weighted by Gasteiger charge is 2.11. The van der Waals surface area contributed by atoms with E-state index in [1.807, 2.05) is 20.8 Å². The van der Waals surface area contributed by atoms with Crippen LogP contribution in [0.5, 0.6) is 0 Å². The zero-order valence-corrected chi connectivity index (χ0v) is 9.91. The second kappa shape index (κ2) is 4.88. The number of nitrogen functional groups attached to an aromatic ring is 2. The molecule has 0 radical (unpaired) electrons. The van der Waals surface area contributed by atoms with Crippen molar-refractivity contribution >= 4 is 17.3 Å². The van der Waals surface area contributed by atoms with Crippen LogP contribution in [0.1, 0.15) is 29.8 Å². The van der Waals surface area contributed by atoms with Gasteiger partial charge in [0.1, 0.15) is 0 Å². The lowest BCUT2D eigenvalue weighted by molar-refractivity contribution is 0.0459. The molecule has 1 rings (SSSR count). The second-order valence-electron chi connectivity index (χ2n) is 4.27. The first-order valence-electron chi connectivity index (χ1n) is 5.24. The highest BCUT2D eigenvalue weighted by atomic mass is 16.5. The molecule has 0 saturated heterocycles. The fourth-order valence-electron chi connectivity index (χ4n) is 1.20. The maximum absolute atomic E-state index is 11.6. The Morgan fingerprint density at radius 3 is 2.25 bits per heavy atom. The Morgan fingerprint density at radius 1 is 1.31 bits per heavy atom. The summed E-state index contributed by atoms with van der Waals surface area (Å²) in [5.41, 5.74) is 13.7. The molecule has 0 unspecified atom stereocenters. The van der Waals surface area contributed by atoms with Crippen molar-refractivity contribution in [1.82, 2.24) is 0 Å². The van der Waals surface area contributed by atoms with Crippen molar-refractivity contribution in [3.63, 3.8) is 0 Å². The van der Waals surface area contributed by atoms with E-state index >= 15 is 0 Å². The molecular formula is C12H18N2O2. The molecule has 88 valence electrons. The minimum Gasteiger partial charge on any atom is -0.462 e. The van der Waals surface area contributed by atoms with Crippen molar-refractivity contribution in [3.8, 4) is 0 Å². The van der Waals surface area contributed by atoms with Gasteiger partial charge in [0.2, 0.25) is 0 Å². The van der Waals surface area contributed by atoms with Gasteiger partial charge in [-0.2, -0.15) is 0 Å². The van der Waals surface area contributed by atoms with Gasteiger partial charge < -0.3 is 16.2 Å². The van der Waals surface area contributed by atoms with Crippen molar-refractivity contribution in [1.29, 1.82) is 0 Å². The van der Waals surface area contributed by atoms with Crippen LogP contribution in [0.25, 0.3) is 0 Å². The van der Waals surface area contributed by atoms with Crippen LogP contribution in [-0.4, -0.2) is 12.6 Å². The van der Waals surface area contributed by atoms with Gasteiger partial charge >= 0.3 is 5.97 Å². The molecule has 0 atom stereocenters. The van der Waals surface area contributed by atoms with Gasteiger partial charge in [0.05, 0.1) is 12.2 Å². The summed E-state index contributed by atoms with van der Waals surface area (Å²) in [7, 11) is 0. The minimum absolute atomic E-state index is 0.309. The molecule has 0 saturated carbocycles. The van der Waals surface area contributed by atoms with Crippen molar-refractivity contribution < 1.29 is 9.53 Å². The van der Waals surface area contributed by atoms with Crippen LogP contribution in [0.15, 0.2) is 12.1 Å². The van der Waals surface area contributed by atoms with Gasteiger partial charge in [-0.05, 0) is 30.5 Å². The second-order valence-corrected chi connectivity index (χ2v) is 4.27. The SMILES string of the molecule is Cc1c(N)cc(C(=O)OCC(C)C)cc1N. The van der Waals surface area contributed by atoms with Crippen LogP contribution >= 0.6 is 0 Å². The number of rotatable bonds is 3. The lowest BCUT2D eigenvalue weighted by Gasteiger charge is -2.10. The van der Waals surface area contributed by atoms with Crippen LogP contribution in [-0.2, 0) is 4.74 Å². The number of carbonyl (C=O) groups is 1. The van der Waals surface area contributed by atoms with Crippen LogP contribution in [0.4, 0.5) is 11.4 Å². The van der Waals surface area contributed by atoms with Crippen molar-refractivity contribution in [3.05, 3.63) is 23.3 Å². The van der Waals surface area contributed by atoms with E-state index in [0.717, 1.165) is 5.56 Å². The van der Waals surface area contributed by atoms with Gasteiger partial charge in [-0.25, -0.2) is 4.79 Å². The highest BCUT2D eigenvalue weighted by molar-refractivity contribution is 5.92. The van der Waals surface area contributed by atoms with Gasteiger partial charge in [0, 0.05) is 11.4 Å². The molecule has 4 nitrogen and oxygen atoms in total. The molecule has 16 heavy (non-hydrogen) atoms. The van der Waals surface area contributed by atoms with Crippen LogP contribution in [0.2, 0.25) is 0 Å². The molecule has 4 heteroatoms. The quantitative estimate of drug-likeness (QED) is 0.605. The van der Waals surface area contributed by atoms with Crippen LogP contribution in [0, 0.1) is 12.8 Å². The summed E-state index contributed by atoms with van der Waals surface area (Å²) >= 11 is 0. The monoisotopic (exact) mass is 222 g/mol. The predicted molar refractivity (Wildman–Crippen MR) is 65.1 cm³/mol. The normalized spacial score (nSPS) is 10.5. The highest BCUT2D eigenvalue weighted by Crippen LogP contribution is 2.21. The van der Waals surface area contributed by atoms with Gasteiger partial charge in [0.15, 0.2) is 0 Å². The standard InChI is InChI=1S/C12H18N2O2/c1-7(2)6-16-12(15)9-4-10(13)8(3)11(14)5-9/h4-5,7H,6,13-14H2,1-3H3. The van der Waals surface area contributed by atoms with E-state index in [9.17, 15) is 4.79 Å². The Hall–Kier alpha value is -1.71. The topological polar surface area (TPSA) is 78.3 Å². The maximum Gasteiger partial charge on any atom is 0.338 e. The summed E-state index contributed by atoms with van der Waals surface area (Å²) in [6.07, 6.45) is 0. The molecule has 4 N–H and O–H groups in total. The largest absolute Gasteiger partial charge is 0.462 e. The first-order valence-corrected chi connectivity index (χ1v) is 5.24. The summed E-state index contributed by atoms with van der Waals surface area (Å²) in [6.45, 7) is 6.16.